The molecule has 0 bridgehead atoms. The number of hydrogen-bond acceptors (Lipinski definition) is 3. The average Bonchev–Trinajstić information content (AvgIpc) is 2.53. The zero-order chi connectivity index (χ0) is 20.2. The summed E-state index contributed by atoms with van der Waals surface area (Å²) in [7, 11) is 0. The molecule has 0 aliphatic heterocycles. The summed E-state index contributed by atoms with van der Waals surface area (Å²) in [6, 6.07) is 1.54. The molecule has 0 atom stereocenters. The van der Waals surface area contributed by atoms with Gasteiger partial charge in [0.15, 0.2) is 0 Å². The molecule has 0 spiro atoms. The van der Waals surface area contributed by atoms with Gasteiger partial charge in [-0.05, 0) is 37.1 Å². The van der Waals surface area contributed by atoms with E-state index in [4.69, 9.17) is 5.11 Å². The normalized spacial score (nSPS) is 19.5. The Labute approximate surface area is 153 Å². The van der Waals surface area contributed by atoms with Gasteiger partial charge < -0.3 is 15.7 Å². The third-order valence-corrected chi connectivity index (χ3v) is 4.53. The molecule has 0 saturated heterocycles. The predicted molar refractivity (Wildman–Crippen MR) is 88.5 cm³/mol. The summed E-state index contributed by atoms with van der Waals surface area (Å²) in [5.41, 5.74) is -1.36. The first kappa shape index (κ1) is 20.9. The molecule has 2 rings (SSSR count). The van der Waals surface area contributed by atoms with Gasteiger partial charge in [-0.1, -0.05) is 13.0 Å². The molecule has 10 heteroatoms. The zero-order valence-corrected chi connectivity index (χ0v) is 14.6. The second-order valence-electron chi connectivity index (χ2n) is 6.41. The Morgan fingerprint density at radius 2 is 1.96 bits per heavy atom. The van der Waals surface area contributed by atoms with Crippen molar-refractivity contribution in [3.63, 3.8) is 0 Å². The van der Waals surface area contributed by atoms with Crippen molar-refractivity contribution in [2.75, 3.05) is 13.1 Å². The number of alkyl halides is 3. The van der Waals surface area contributed by atoms with Crippen molar-refractivity contribution in [3.05, 3.63) is 35.1 Å². The van der Waals surface area contributed by atoms with Crippen molar-refractivity contribution in [1.82, 2.24) is 15.5 Å². The highest BCUT2D eigenvalue weighted by molar-refractivity contribution is 5.74. The molecule has 1 saturated carbocycles. The zero-order valence-electron chi connectivity index (χ0n) is 14.6. The van der Waals surface area contributed by atoms with Crippen LogP contribution in [-0.4, -0.2) is 47.2 Å². The van der Waals surface area contributed by atoms with Crippen molar-refractivity contribution in [2.24, 2.45) is 0 Å². The van der Waals surface area contributed by atoms with E-state index in [-0.39, 0.29) is 24.2 Å². The molecular formula is C17H21F4N3O3. The number of hydrogen-bond donors (Lipinski definition) is 3. The number of carboxylic acids is 1. The molecule has 6 nitrogen and oxygen atoms in total. The lowest BCUT2D eigenvalue weighted by molar-refractivity contribution is -0.140. The van der Waals surface area contributed by atoms with E-state index >= 15 is 0 Å². The van der Waals surface area contributed by atoms with E-state index in [1.54, 1.807) is 4.90 Å². The number of benzene rings is 1. The molecular weight excluding hydrogens is 370 g/mol. The van der Waals surface area contributed by atoms with Crippen molar-refractivity contribution < 1.29 is 32.3 Å². The van der Waals surface area contributed by atoms with Crippen LogP contribution in [-0.2, 0) is 17.5 Å². The molecule has 1 fully saturated rings. The molecule has 0 aromatic heterocycles. The number of carbonyl (C=O) groups is 2. The highest BCUT2D eigenvalue weighted by Crippen LogP contribution is 2.32. The van der Waals surface area contributed by atoms with Crippen LogP contribution in [0, 0.1) is 5.82 Å². The maximum Gasteiger partial charge on any atom is 0.416 e. The summed E-state index contributed by atoms with van der Waals surface area (Å²) in [6.07, 6.45) is -3.58. The Kier molecular flexibility index (Phi) is 6.63. The molecule has 1 aliphatic rings. The minimum atomic E-state index is -4.72. The minimum Gasteiger partial charge on any atom is -0.480 e. The smallest absolute Gasteiger partial charge is 0.416 e. The Balaban J connectivity index is 1.82. The third-order valence-electron chi connectivity index (χ3n) is 4.53. The van der Waals surface area contributed by atoms with Crippen LogP contribution in [0.5, 0.6) is 0 Å². The fourth-order valence-electron chi connectivity index (χ4n) is 3.06. The standard InChI is InChI=1S/C17H21F4N3O3/c1-2-24(9-15(25)26)13-6-12(7-13)23-16(27)22-8-10-3-4-11(18)5-14(10)17(19,20)21/h3-5,12-13H,2,6-9H2,1H3,(H,25,26)(H2,22,23,27). The van der Waals surface area contributed by atoms with Gasteiger partial charge in [0.1, 0.15) is 5.82 Å². The van der Waals surface area contributed by atoms with E-state index in [0.29, 0.717) is 25.5 Å². The van der Waals surface area contributed by atoms with E-state index in [1.807, 2.05) is 6.92 Å². The highest BCUT2D eigenvalue weighted by atomic mass is 19.4. The van der Waals surface area contributed by atoms with Gasteiger partial charge in [0.25, 0.3) is 0 Å². The lowest BCUT2D eigenvalue weighted by atomic mass is 9.85. The Hall–Kier alpha value is -2.36. The highest BCUT2D eigenvalue weighted by Gasteiger charge is 2.35. The van der Waals surface area contributed by atoms with E-state index in [0.717, 1.165) is 12.1 Å². The van der Waals surface area contributed by atoms with Crippen LogP contribution in [0.25, 0.3) is 0 Å². The molecule has 27 heavy (non-hydrogen) atoms. The first-order valence-electron chi connectivity index (χ1n) is 8.46. The summed E-state index contributed by atoms with van der Waals surface area (Å²) >= 11 is 0. The predicted octanol–water partition coefficient (Wildman–Crippen LogP) is 2.58. The molecule has 1 aromatic carbocycles. The van der Waals surface area contributed by atoms with Crippen molar-refractivity contribution >= 4 is 12.0 Å². The number of nitrogens with one attached hydrogen (secondary N) is 2. The number of amides is 2. The van der Waals surface area contributed by atoms with E-state index in [1.165, 1.54) is 0 Å². The van der Waals surface area contributed by atoms with Gasteiger partial charge in [0.2, 0.25) is 0 Å². The average molecular weight is 391 g/mol. The van der Waals surface area contributed by atoms with Crippen LogP contribution in [0.15, 0.2) is 18.2 Å². The number of carboxylic acid groups (broad SMARTS) is 1. The number of rotatable bonds is 7. The van der Waals surface area contributed by atoms with Crippen LogP contribution in [0.2, 0.25) is 0 Å². The fraction of sp³-hybridized carbons (Fsp3) is 0.529. The topological polar surface area (TPSA) is 81.7 Å². The minimum absolute atomic E-state index is 0.0466. The lowest BCUT2D eigenvalue weighted by Crippen LogP contribution is -2.56. The van der Waals surface area contributed by atoms with Crippen LogP contribution in [0.1, 0.15) is 30.9 Å². The first-order chi connectivity index (χ1) is 12.6. The second-order valence-corrected chi connectivity index (χ2v) is 6.41. The largest absolute Gasteiger partial charge is 0.480 e. The maximum atomic E-state index is 13.1. The van der Waals surface area contributed by atoms with Gasteiger partial charge in [-0.15, -0.1) is 0 Å². The molecule has 150 valence electrons. The molecule has 2 amide bonds. The number of nitrogens with zero attached hydrogens (tertiary/aromatic N) is 1. The summed E-state index contributed by atoms with van der Waals surface area (Å²) in [6.45, 7) is 1.94. The summed E-state index contributed by atoms with van der Waals surface area (Å²) in [5, 5.41) is 13.8. The number of halogens is 4. The SMILES string of the molecule is CCN(CC(=O)O)C1CC(NC(=O)NCc2ccc(F)cc2C(F)(F)F)C1. The van der Waals surface area contributed by atoms with Gasteiger partial charge in [-0.3, -0.25) is 9.69 Å². The van der Waals surface area contributed by atoms with Crippen molar-refractivity contribution in [3.8, 4) is 0 Å². The van der Waals surface area contributed by atoms with Crippen molar-refractivity contribution in [1.29, 1.82) is 0 Å². The number of urea groups is 1. The van der Waals surface area contributed by atoms with E-state index in [9.17, 15) is 27.2 Å². The number of carbonyl (C=O) groups excluding carboxylic acids is 1. The van der Waals surface area contributed by atoms with Crippen LogP contribution >= 0.6 is 0 Å². The molecule has 1 aliphatic carbocycles. The summed E-state index contributed by atoms with van der Waals surface area (Å²) in [5.74, 6) is -1.93. The maximum absolute atomic E-state index is 13.1. The Morgan fingerprint density at radius 1 is 1.30 bits per heavy atom. The quantitative estimate of drug-likeness (QED) is 0.624. The lowest BCUT2D eigenvalue weighted by Gasteiger charge is -2.42. The summed E-state index contributed by atoms with van der Waals surface area (Å²) in [4.78, 5) is 24.5. The molecule has 0 radical (unpaired) electrons. The Bertz CT molecular complexity index is 690. The summed E-state index contributed by atoms with van der Waals surface area (Å²) < 4.78 is 51.9. The van der Waals surface area contributed by atoms with Gasteiger partial charge in [0.05, 0.1) is 12.1 Å². The van der Waals surface area contributed by atoms with Crippen LogP contribution in [0.4, 0.5) is 22.4 Å². The van der Waals surface area contributed by atoms with Crippen LogP contribution in [0.3, 0.4) is 0 Å². The first-order valence-corrected chi connectivity index (χ1v) is 8.46. The molecule has 3 N–H and O–H groups in total. The van der Waals surface area contributed by atoms with Gasteiger partial charge in [-0.2, -0.15) is 13.2 Å². The monoisotopic (exact) mass is 391 g/mol. The number of aliphatic carboxylic acids is 1. The van der Waals surface area contributed by atoms with Crippen LogP contribution < -0.4 is 10.6 Å². The van der Waals surface area contributed by atoms with E-state index < -0.39 is 36.1 Å². The fourth-order valence-corrected chi connectivity index (χ4v) is 3.06. The van der Waals surface area contributed by atoms with Crippen molar-refractivity contribution in [2.45, 2.75) is 44.6 Å². The molecule has 0 heterocycles. The Morgan fingerprint density at radius 3 is 2.52 bits per heavy atom. The van der Waals surface area contributed by atoms with Gasteiger partial charge >= 0.3 is 18.2 Å². The van der Waals surface area contributed by atoms with E-state index in [2.05, 4.69) is 10.6 Å². The second kappa shape index (κ2) is 8.55. The van der Waals surface area contributed by atoms with Gasteiger partial charge in [0, 0.05) is 18.6 Å². The molecule has 1 aromatic rings. The van der Waals surface area contributed by atoms with Gasteiger partial charge in [-0.25, -0.2) is 9.18 Å². The molecule has 0 unspecified atom stereocenters. The number of likely N-dealkylation sites (N-methyl/N-ethyl adjacent to an activating group) is 1. The third kappa shape index (κ3) is 5.81.